The molecule has 3 nitrogen and oxygen atoms in total. The molecule has 0 unspecified atom stereocenters. The van der Waals surface area contributed by atoms with E-state index in [-0.39, 0.29) is 24.0 Å². The Bertz CT molecular complexity index is 407. The van der Waals surface area contributed by atoms with Gasteiger partial charge in [0.2, 0.25) is 0 Å². The van der Waals surface area contributed by atoms with Crippen LogP contribution in [0.4, 0.5) is 0 Å². The van der Waals surface area contributed by atoms with Gasteiger partial charge in [-0.15, -0.1) is 24.0 Å². The highest BCUT2D eigenvalue weighted by molar-refractivity contribution is 14.0. The average Bonchev–Trinajstić information content (AvgIpc) is 2.27. The summed E-state index contributed by atoms with van der Waals surface area (Å²) < 4.78 is 0. The predicted octanol–water partition coefficient (Wildman–Crippen LogP) is 3.43. The van der Waals surface area contributed by atoms with E-state index in [1.807, 2.05) is 0 Å². The van der Waals surface area contributed by atoms with E-state index in [0.29, 0.717) is 6.04 Å². The van der Waals surface area contributed by atoms with Crippen molar-refractivity contribution < 1.29 is 0 Å². The van der Waals surface area contributed by atoms with Gasteiger partial charge in [-0.2, -0.15) is 0 Å². The van der Waals surface area contributed by atoms with Gasteiger partial charge in [0.15, 0.2) is 5.96 Å². The fourth-order valence-electron chi connectivity index (χ4n) is 2.10. The van der Waals surface area contributed by atoms with Crippen molar-refractivity contribution >= 4 is 29.9 Å². The van der Waals surface area contributed by atoms with Crippen LogP contribution in [0.1, 0.15) is 37.5 Å². The van der Waals surface area contributed by atoms with Crippen molar-refractivity contribution in [1.82, 2.24) is 10.6 Å². The van der Waals surface area contributed by atoms with Crippen molar-refractivity contribution in [3.05, 3.63) is 34.9 Å². The molecule has 0 saturated carbocycles. The van der Waals surface area contributed by atoms with Crippen molar-refractivity contribution in [3.63, 3.8) is 0 Å². The number of nitrogens with zero attached hydrogens (tertiary/aromatic N) is 1. The Morgan fingerprint density at radius 3 is 2.25 bits per heavy atom. The minimum atomic E-state index is 0. The summed E-state index contributed by atoms with van der Waals surface area (Å²) in [4.78, 5) is 4.60. The number of halogens is 1. The van der Waals surface area contributed by atoms with Gasteiger partial charge in [0, 0.05) is 19.1 Å². The van der Waals surface area contributed by atoms with Crippen LogP contribution >= 0.6 is 24.0 Å². The Kier molecular flexibility index (Phi) is 9.63. The summed E-state index contributed by atoms with van der Waals surface area (Å²) in [7, 11) is 0. The molecule has 0 aromatic heterocycles. The van der Waals surface area contributed by atoms with Crippen molar-refractivity contribution in [3.8, 4) is 0 Å². The van der Waals surface area contributed by atoms with Crippen LogP contribution in [0.15, 0.2) is 23.2 Å². The summed E-state index contributed by atoms with van der Waals surface area (Å²) in [5, 5.41) is 6.59. The average molecular weight is 389 g/mol. The first-order chi connectivity index (χ1) is 9.01. The molecular weight excluding hydrogens is 361 g/mol. The molecule has 0 aliphatic heterocycles. The lowest BCUT2D eigenvalue weighted by atomic mass is 10.1. The topological polar surface area (TPSA) is 36.4 Å². The highest BCUT2D eigenvalue weighted by Gasteiger charge is 2.00. The first-order valence-corrected chi connectivity index (χ1v) is 7.13. The lowest BCUT2D eigenvalue weighted by molar-refractivity contribution is 0.700. The van der Waals surface area contributed by atoms with Crippen LogP contribution in [-0.4, -0.2) is 25.1 Å². The van der Waals surface area contributed by atoms with Gasteiger partial charge in [-0.1, -0.05) is 29.3 Å². The smallest absolute Gasteiger partial charge is 0.191 e. The van der Waals surface area contributed by atoms with E-state index in [9.17, 15) is 0 Å². The van der Waals surface area contributed by atoms with Crippen LogP contribution in [0.2, 0.25) is 0 Å². The van der Waals surface area contributed by atoms with Crippen LogP contribution in [0.5, 0.6) is 0 Å². The quantitative estimate of drug-likeness (QED) is 0.460. The molecule has 1 aromatic rings. The van der Waals surface area contributed by atoms with Gasteiger partial charge >= 0.3 is 0 Å². The standard InChI is InChI=1S/C16H27N3.HI/c1-6-17-16(19-12(2)3)18-8-7-15-10-13(4)9-14(5)11-15;/h9-12H,6-8H2,1-5H3,(H2,17,18,19);1H. The lowest BCUT2D eigenvalue weighted by Crippen LogP contribution is -2.41. The van der Waals surface area contributed by atoms with Gasteiger partial charge in [-0.25, -0.2) is 0 Å². The summed E-state index contributed by atoms with van der Waals surface area (Å²) in [6.07, 6.45) is 0.983. The Morgan fingerprint density at radius 2 is 1.75 bits per heavy atom. The van der Waals surface area contributed by atoms with Gasteiger partial charge in [-0.05, 0) is 46.6 Å². The summed E-state index contributed by atoms with van der Waals surface area (Å²) in [6.45, 7) is 12.3. The third-order valence-corrected chi connectivity index (χ3v) is 2.72. The molecule has 1 aromatic carbocycles. The third kappa shape index (κ3) is 7.72. The van der Waals surface area contributed by atoms with Crippen LogP contribution in [0.25, 0.3) is 0 Å². The van der Waals surface area contributed by atoms with Gasteiger partial charge in [0.25, 0.3) is 0 Å². The maximum atomic E-state index is 4.60. The zero-order chi connectivity index (χ0) is 14.3. The molecule has 0 radical (unpaired) electrons. The van der Waals surface area contributed by atoms with Gasteiger partial charge in [0.05, 0.1) is 0 Å². The minimum Gasteiger partial charge on any atom is -0.357 e. The number of aryl methyl sites for hydroxylation is 2. The minimum absolute atomic E-state index is 0. The summed E-state index contributed by atoms with van der Waals surface area (Å²) >= 11 is 0. The number of guanidine groups is 1. The molecule has 0 atom stereocenters. The Hall–Kier alpha value is -0.780. The molecule has 0 spiro atoms. The summed E-state index contributed by atoms with van der Waals surface area (Å²) in [6, 6.07) is 7.09. The van der Waals surface area contributed by atoms with Gasteiger partial charge in [-0.3, -0.25) is 4.99 Å². The zero-order valence-corrected chi connectivity index (χ0v) is 15.6. The number of hydrogen-bond donors (Lipinski definition) is 2. The number of nitrogens with one attached hydrogen (secondary N) is 2. The molecular formula is C16H28IN3. The van der Waals surface area contributed by atoms with Crippen molar-refractivity contribution in [1.29, 1.82) is 0 Å². The van der Waals surface area contributed by atoms with Crippen molar-refractivity contribution in [2.75, 3.05) is 13.1 Å². The molecule has 0 bridgehead atoms. The third-order valence-electron chi connectivity index (χ3n) is 2.72. The van der Waals surface area contributed by atoms with Crippen molar-refractivity contribution in [2.45, 2.75) is 47.1 Å². The predicted molar refractivity (Wildman–Crippen MR) is 99.3 cm³/mol. The van der Waals surface area contributed by atoms with E-state index in [0.717, 1.165) is 25.5 Å². The molecule has 1 rings (SSSR count). The number of aliphatic imine (C=N–C) groups is 1. The van der Waals surface area contributed by atoms with Crippen LogP contribution in [0, 0.1) is 13.8 Å². The van der Waals surface area contributed by atoms with Crippen molar-refractivity contribution in [2.24, 2.45) is 4.99 Å². The largest absolute Gasteiger partial charge is 0.357 e. The first-order valence-electron chi connectivity index (χ1n) is 7.13. The van der Waals surface area contributed by atoms with Crippen LogP contribution < -0.4 is 10.6 Å². The molecule has 4 heteroatoms. The number of hydrogen-bond acceptors (Lipinski definition) is 1. The van der Waals surface area contributed by atoms with Gasteiger partial charge < -0.3 is 10.6 Å². The van der Waals surface area contributed by atoms with E-state index in [4.69, 9.17) is 0 Å². The van der Waals surface area contributed by atoms with Gasteiger partial charge in [0.1, 0.15) is 0 Å². The molecule has 20 heavy (non-hydrogen) atoms. The zero-order valence-electron chi connectivity index (χ0n) is 13.3. The van der Waals surface area contributed by atoms with E-state index in [2.05, 4.69) is 68.4 Å². The fourth-order valence-corrected chi connectivity index (χ4v) is 2.10. The maximum Gasteiger partial charge on any atom is 0.191 e. The molecule has 114 valence electrons. The normalized spacial score (nSPS) is 11.2. The highest BCUT2D eigenvalue weighted by Crippen LogP contribution is 2.09. The molecule has 0 amide bonds. The lowest BCUT2D eigenvalue weighted by Gasteiger charge is -2.14. The maximum absolute atomic E-state index is 4.60. The molecule has 0 aliphatic carbocycles. The van der Waals surface area contributed by atoms with Crippen LogP contribution in [-0.2, 0) is 6.42 Å². The molecule has 0 fully saturated rings. The first kappa shape index (κ1) is 19.2. The second-order valence-electron chi connectivity index (χ2n) is 5.31. The number of rotatable bonds is 5. The summed E-state index contributed by atoms with van der Waals surface area (Å²) in [5.74, 6) is 0.905. The molecule has 0 aliphatic rings. The SMILES string of the molecule is CCNC(=NCCc1cc(C)cc(C)c1)NC(C)C.I. The van der Waals surface area contributed by atoms with Crippen LogP contribution in [0.3, 0.4) is 0 Å². The van der Waals surface area contributed by atoms with E-state index in [1.165, 1.54) is 16.7 Å². The number of benzene rings is 1. The van der Waals surface area contributed by atoms with E-state index < -0.39 is 0 Å². The van der Waals surface area contributed by atoms with E-state index in [1.54, 1.807) is 0 Å². The highest BCUT2D eigenvalue weighted by atomic mass is 127. The Labute approximate surface area is 140 Å². The van der Waals surface area contributed by atoms with E-state index >= 15 is 0 Å². The second-order valence-corrected chi connectivity index (χ2v) is 5.31. The molecule has 0 heterocycles. The molecule has 0 saturated heterocycles. The Balaban J connectivity index is 0.00000361. The Morgan fingerprint density at radius 1 is 1.15 bits per heavy atom. The summed E-state index contributed by atoms with van der Waals surface area (Å²) in [5.41, 5.74) is 4.01. The second kappa shape index (κ2) is 10.0. The molecule has 2 N–H and O–H groups in total. The monoisotopic (exact) mass is 389 g/mol. The fraction of sp³-hybridized carbons (Fsp3) is 0.562.